The maximum Gasteiger partial charge on any atom is 0.251 e. The van der Waals surface area contributed by atoms with Gasteiger partial charge in [0.25, 0.3) is 5.91 Å². The summed E-state index contributed by atoms with van der Waals surface area (Å²) in [4.78, 5) is 22.8. The number of carbonyl (C=O) groups is 2. The van der Waals surface area contributed by atoms with Gasteiger partial charge in [0.1, 0.15) is 0 Å². The molecule has 1 rings (SSSR count). The fourth-order valence-electron chi connectivity index (χ4n) is 1.39. The normalized spacial score (nSPS) is 11.7. The highest BCUT2D eigenvalue weighted by Crippen LogP contribution is 2.04. The molecule has 0 aromatic heterocycles. The van der Waals surface area contributed by atoms with Crippen LogP contribution in [-0.4, -0.2) is 24.4 Å². The second kappa shape index (κ2) is 6.76. The van der Waals surface area contributed by atoms with Crippen molar-refractivity contribution in [2.45, 2.75) is 26.4 Å². The number of benzene rings is 1. The summed E-state index contributed by atoms with van der Waals surface area (Å²) in [5.74, 6) is -0.286. The highest BCUT2D eigenvalue weighted by molar-refractivity contribution is 5.94. The monoisotopic (exact) mass is 249 g/mol. The zero-order valence-electron chi connectivity index (χ0n) is 10.7. The quantitative estimate of drug-likeness (QED) is 0.706. The maximum absolute atomic E-state index is 11.5. The highest BCUT2D eigenvalue weighted by Gasteiger charge is 2.07. The molecule has 0 fully saturated rings. The van der Waals surface area contributed by atoms with Crippen LogP contribution in [0.3, 0.4) is 0 Å². The number of amides is 2. The van der Waals surface area contributed by atoms with Crippen LogP contribution >= 0.6 is 0 Å². The molecule has 0 spiro atoms. The minimum atomic E-state index is -0.514. The lowest BCUT2D eigenvalue weighted by Gasteiger charge is -2.08. The van der Waals surface area contributed by atoms with E-state index >= 15 is 0 Å². The Morgan fingerprint density at radius 3 is 2.33 bits per heavy atom. The smallest absolute Gasteiger partial charge is 0.251 e. The van der Waals surface area contributed by atoms with Crippen molar-refractivity contribution in [3.8, 4) is 0 Å². The van der Waals surface area contributed by atoms with Crippen molar-refractivity contribution in [2.24, 2.45) is 5.73 Å². The molecule has 4 N–H and O–H groups in total. The number of hydrogen-bond donors (Lipinski definition) is 3. The summed E-state index contributed by atoms with van der Waals surface area (Å²) in [6.45, 7) is 4.52. The van der Waals surface area contributed by atoms with Gasteiger partial charge in [-0.1, -0.05) is 12.1 Å². The molecule has 0 aliphatic rings. The number of nitrogens with two attached hydrogens (primary N) is 1. The highest BCUT2D eigenvalue weighted by atomic mass is 16.2. The Labute approximate surface area is 107 Å². The topological polar surface area (TPSA) is 84.2 Å². The average Bonchev–Trinajstić information content (AvgIpc) is 2.36. The molecule has 0 saturated heterocycles. The van der Waals surface area contributed by atoms with Crippen LogP contribution < -0.4 is 16.4 Å². The summed E-state index contributed by atoms with van der Waals surface area (Å²) < 4.78 is 0. The van der Waals surface area contributed by atoms with Crippen molar-refractivity contribution < 1.29 is 9.59 Å². The predicted molar refractivity (Wildman–Crippen MR) is 69.9 cm³/mol. The molecule has 0 heterocycles. The van der Waals surface area contributed by atoms with Gasteiger partial charge in [0.15, 0.2) is 0 Å². The van der Waals surface area contributed by atoms with Crippen LogP contribution in [0.2, 0.25) is 0 Å². The van der Waals surface area contributed by atoms with Crippen molar-refractivity contribution >= 4 is 11.8 Å². The standard InChI is InChI=1S/C13H19N3O2/c1-3-15-13(18)11-6-4-10(5-7-11)8-16-12(17)9(2)14/h4-7,9H,3,8,14H2,1-2H3,(H,15,18)(H,16,17)/t9-/m1/s1. The zero-order valence-corrected chi connectivity index (χ0v) is 10.7. The van der Waals surface area contributed by atoms with E-state index in [0.29, 0.717) is 18.7 Å². The summed E-state index contributed by atoms with van der Waals surface area (Å²) in [5.41, 5.74) is 6.97. The van der Waals surface area contributed by atoms with Crippen molar-refractivity contribution in [3.05, 3.63) is 35.4 Å². The van der Waals surface area contributed by atoms with Gasteiger partial charge < -0.3 is 16.4 Å². The Morgan fingerprint density at radius 2 is 1.83 bits per heavy atom. The second-order valence-electron chi connectivity index (χ2n) is 4.06. The molecule has 2 amide bonds. The Hall–Kier alpha value is -1.88. The fourth-order valence-corrected chi connectivity index (χ4v) is 1.39. The summed E-state index contributed by atoms with van der Waals surface area (Å²) in [5, 5.41) is 5.43. The molecule has 0 unspecified atom stereocenters. The first-order valence-corrected chi connectivity index (χ1v) is 5.95. The van der Waals surface area contributed by atoms with Gasteiger partial charge in [-0.15, -0.1) is 0 Å². The van der Waals surface area contributed by atoms with Gasteiger partial charge in [-0.05, 0) is 31.5 Å². The fraction of sp³-hybridized carbons (Fsp3) is 0.385. The van der Waals surface area contributed by atoms with E-state index < -0.39 is 6.04 Å². The lowest BCUT2D eigenvalue weighted by Crippen LogP contribution is -2.37. The summed E-state index contributed by atoms with van der Waals surface area (Å²) in [6.07, 6.45) is 0. The van der Waals surface area contributed by atoms with Crippen molar-refractivity contribution in [1.29, 1.82) is 0 Å². The third-order valence-corrected chi connectivity index (χ3v) is 2.43. The first-order valence-electron chi connectivity index (χ1n) is 5.95. The van der Waals surface area contributed by atoms with Gasteiger partial charge in [-0.25, -0.2) is 0 Å². The number of hydrogen-bond acceptors (Lipinski definition) is 3. The SMILES string of the molecule is CCNC(=O)c1ccc(CNC(=O)[C@@H](C)N)cc1. The van der Waals surface area contributed by atoms with Crippen LogP contribution in [0.4, 0.5) is 0 Å². The molecule has 0 radical (unpaired) electrons. The number of rotatable bonds is 5. The van der Waals surface area contributed by atoms with E-state index in [1.165, 1.54) is 0 Å². The Balaban J connectivity index is 2.55. The first-order chi connectivity index (χ1) is 8.54. The maximum atomic E-state index is 11.5. The van der Waals surface area contributed by atoms with Gasteiger partial charge in [0.2, 0.25) is 5.91 Å². The molecule has 98 valence electrons. The van der Waals surface area contributed by atoms with Gasteiger partial charge in [0.05, 0.1) is 6.04 Å². The van der Waals surface area contributed by atoms with Crippen LogP contribution in [0, 0.1) is 0 Å². The Kier molecular flexibility index (Phi) is 5.32. The van der Waals surface area contributed by atoms with Crippen molar-refractivity contribution in [3.63, 3.8) is 0 Å². The second-order valence-corrected chi connectivity index (χ2v) is 4.06. The van der Waals surface area contributed by atoms with Crippen LogP contribution in [0.15, 0.2) is 24.3 Å². The molecule has 0 saturated carbocycles. The minimum Gasteiger partial charge on any atom is -0.352 e. The molecule has 1 aromatic carbocycles. The van der Waals surface area contributed by atoms with Crippen LogP contribution in [0.1, 0.15) is 29.8 Å². The van der Waals surface area contributed by atoms with Gasteiger partial charge in [-0.3, -0.25) is 9.59 Å². The third kappa shape index (κ3) is 4.18. The Morgan fingerprint density at radius 1 is 1.22 bits per heavy atom. The van der Waals surface area contributed by atoms with E-state index in [-0.39, 0.29) is 11.8 Å². The van der Waals surface area contributed by atoms with E-state index in [1.54, 1.807) is 19.1 Å². The first kappa shape index (κ1) is 14.2. The minimum absolute atomic E-state index is 0.0938. The van der Waals surface area contributed by atoms with E-state index in [9.17, 15) is 9.59 Å². The summed E-state index contributed by atoms with van der Waals surface area (Å²) >= 11 is 0. The van der Waals surface area contributed by atoms with E-state index in [4.69, 9.17) is 5.73 Å². The molecule has 5 nitrogen and oxygen atoms in total. The van der Waals surface area contributed by atoms with Crippen molar-refractivity contribution in [2.75, 3.05) is 6.54 Å². The van der Waals surface area contributed by atoms with Crippen LogP contribution in [0.5, 0.6) is 0 Å². The molecule has 1 atom stereocenters. The molecule has 0 aliphatic heterocycles. The molecule has 1 aromatic rings. The zero-order chi connectivity index (χ0) is 13.5. The third-order valence-electron chi connectivity index (χ3n) is 2.43. The Bertz CT molecular complexity index is 413. The van der Waals surface area contributed by atoms with Gasteiger partial charge in [0, 0.05) is 18.7 Å². The molecule has 0 bridgehead atoms. The van der Waals surface area contributed by atoms with Gasteiger partial charge in [-0.2, -0.15) is 0 Å². The lowest BCUT2D eigenvalue weighted by atomic mass is 10.1. The largest absolute Gasteiger partial charge is 0.352 e. The van der Waals surface area contributed by atoms with Crippen molar-refractivity contribution in [1.82, 2.24) is 10.6 Å². The molecule has 18 heavy (non-hydrogen) atoms. The molecule has 5 heteroatoms. The van der Waals surface area contributed by atoms with E-state index in [2.05, 4.69) is 10.6 Å². The average molecular weight is 249 g/mol. The van der Waals surface area contributed by atoms with Crippen LogP contribution in [0.25, 0.3) is 0 Å². The van der Waals surface area contributed by atoms with Crippen LogP contribution in [-0.2, 0) is 11.3 Å². The number of nitrogens with one attached hydrogen (secondary N) is 2. The van der Waals surface area contributed by atoms with Gasteiger partial charge >= 0.3 is 0 Å². The summed E-state index contributed by atoms with van der Waals surface area (Å²) in [7, 11) is 0. The molecular weight excluding hydrogens is 230 g/mol. The lowest BCUT2D eigenvalue weighted by molar-refractivity contribution is -0.122. The van der Waals surface area contributed by atoms with E-state index in [0.717, 1.165) is 5.56 Å². The number of carbonyl (C=O) groups excluding carboxylic acids is 2. The predicted octanol–water partition coefficient (Wildman–Crippen LogP) is 0.400. The molecular formula is C13H19N3O2. The summed E-state index contributed by atoms with van der Waals surface area (Å²) in [6, 6.07) is 6.58. The van der Waals surface area contributed by atoms with E-state index in [1.807, 2.05) is 19.1 Å². The molecule has 0 aliphatic carbocycles.